The van der Waals surface area contributed by atoms with Gasteiger partial charge in [-0.2, -0.15) is 11.8 Å². The van der Waals surface area contributed by atoms with E-state index in [0.29, 0.717) is 5.25 Å². The van der Waals surface area contributed by atoms with Gasteiger partial charge in [-0.15, -0.1) is 23.1 Å². The Morgan fingerprint density at radius 3 is 2.80 bits per heavy atom. The third-order valence-electron chi connectivity index (χ3n) is 3.28. The largest absolute Gasteiger partial charge is 0.309 e. The lowest BCUT2D eigenvalue weighted by Crippen LogP contribution is -2.16. The summed E-state index contributed by atoms with van der Waals surface area (Å²) in [5.41, 5.74) is 0.0702. The van der Waals surface area contributed by atoms with Crippen molar-refractivity contribution in [2.45, 2.75) is 31.4 Å². The van der Waals surface area contributed by atoms with E-state index < -0.39 is 0 Å². The number of aromatic nitrogens is 2. The molecule has 1 aliphatic rings. The summed E-state index contributed by atoms with van der Waals surface area (Å²) in [5.74, 6) is 4.22. The summed E-state index contributed by atoms with van der Waals surface area (Å²) >= 11 is 5.49. The highest BCUT2D eigenvalue weighted by atomic mass is 32.2. The van der Waals surface area contributed by atoms with Gasteiger partial charge in [0.05, 0.1) is 10.6 Å². The fraction of sp³-hybridized carbons (Fsp3) is 0.571. The Morgan fingerprint density at radius 2 is 2.15 bits per heavy atom. The Kier molecular flexibility index (Phi) is 3.90. The number of nitrogens with zero attached hydrogens (tertiary/aromatic N) is 1. The van der Waals surface area contributed by atoms with Crippen molar-refractivity contribution in [1.82, 2.24) is 9.97 Å². The first-order chi connectivity index (χ1) is 9.45. The Hall–Kier alpha value is -0.460. The quantitative estimate of drug-likeness (QED) is 0.866. The zero-order valence-electron chi connectivity index (χ0n) is 11.9. The van der Waals surface area contributed by atoms with Gasteiger partial charge < -0.3 is 4.98 Å². The maximum atomic E-state index is 12.3. The van der Waals surface area contributed by atoms with E-state index in [9.17, 15) is 4.79 Å². The molecule has 0 unspecified atom stereocenters. The number of nitrogens with one attached hydrogen (secondary N) is 1. The van der Waals surface area contributed by atoms with Gasteiger partial charge in [0.15, 0.2) is 0 Å². The molecule has 1 saturated heterocycles. The van der Waals surface area contributed by atoms with Crippen LogP contribution in [0.3, 0.4) is 0 Å². The van der Waals surface area contributed by atoms with Crippen LogP contribution < -0.4 is 5.56 Å². The van der Waals surface area contributed by atoms with Gasteiger partial charge in [-0.05, 0) is 11.5 Å². The Bertz CT molecular complexity index is 678. The van der Waals surface area contributed by atoms with Crippen LogP contribution in [0.25, 0.3) is 10.2 Å². The van der Waals surface area contributed by atoms with Crippen molar-refractivity contribution >= 4 is 45.1 Å². The van der Waals surface area contributed by atoms with Crippen molar-refractivity contribution in [3.63, 3.8) is 0 Å². The van der Waals surface area contributed by atoms with Crippen LogP contribution in [0.5, 0.6) is 0 Å². The van der Waals surface area contributed by atoms with Crippen LogP contribution in [0.15, 0.2) is 10.9 Å². The zero-order chi connectivity index (χ0) is 14.3. The topological polar surface area (TPSA) is 45.8 Å². The van der Waals surface area contributed by atoms with Crippen molar-refractivity contribution in [3.05, 3.63) is 27.1 Å². The van der Waals surface area contributed by atoms with Crippen molar-refractivity contribution in [1.29, 1.82) is 0 Å². The first-order valence-corrected chi connectivity index (χ1v) is 9.71. The molecule has 0 radical (unpaired) electrons. The van der Waals surface area contributed by atoms with Gasteiger partial charge in [0.25, 0.3) is 5.56 Å². The van der Waals surface area contributed by atoms with E-state index in [-0.39, 0.29) is 11.0 Å². The number of H-pyrrole nitrogens is 1. The number of aromatic amines is 1. The van der Waals surface area contributed by atoms with Crippen LogP contribution in [0.2, 0.25) is 0 Å². The lowest BCUT2D eigenvalue weighted by molar-refractivity contribution is 0.604. The van der Waals surface area contributed by atoms with E-state index >= 15 is 0 Å². The molecule has 1 atom stereocenters. The number of rotatable bonds is 1. The van der Waals surface area contributed by atoms with Gasteiger partial charge in [-0.25, -0.2) is 4.98 Å². The molecule has 2 aromatic rings. The van der Waals surface area contributed by atoms with E-state index in [1.165, 1.54) is 10.6 Å². The maximum absolute atomic E-state index is 12.3. The standard InChI is InChI=1S/C14H18N2OS3/c1-14(2,3)10-6-8-12(17)15-11(16-13(8)20-10)9-7-18-4-5-19-9/h6,9H,4-5,7H2,1-3H3,(H,15,16,17)/t9-/m1/s1. The van der Waals surface area contributed by atoms with Gasteiger partial charge in [0, 0.05) is 22.1 Å². The minimum absolute atomic E-state index is 0.00734. The highest BCUT2D eigenvalue weighted by molar-refractivity contribution is 8.06. The molecule has 6 heteroatoms. The lowest BCUT2D eigenvalue weighted by Gasteiger charge is -2.19. The summed E-state index contributed by atoms with van der Waals surface area (Å²) in [6, 6.07) is 2.00. The molecule has 0 aliphatic carbocycles. The molecule has 3 nitrogen and oxygen atoms in total. The van der Waals surface area contributed by atoms with Crippen molar-refractivity contribution < 1.29 is 0 Å². The highest BCUT2D eigenvalue weighted by Gasteiger charge is 2.22. The van der Waals surface area contributed by atoms with E-state index in [1.54, 1.807) is 11.3 Å². The highest BCUT2D eigenvalue weighted by Crippen LogP contribution is 2.36. The van der Waals surface area contributed by atoms with Gasteiger partial charge >= 0.3 is 0 Å². The van der Waals surface area contributed by atoms with Gasteiger partial charge in [-0.1, -0.05) is 20.8 Å². The smallest absolute Gasteiger partial charge is 0.259 e. The monoisotopic (exact) mass is 326 g/mol. The van der Waals surface area contributed by atoms with Crippen LogP contribution in [0, 0.1) is 0 Å². The van der Waals surface area contributed by atoms with E-state index in [1.807, 2.05) is 29.6 Å². The zero-order valence-corrected chi connectivity index (χ0v) is 14.3. The fourth-order valence-corrected chi connectivity index (χ4v) is 5.84. The molecular weight excluding hydrogens is 308 g/mol. The summed E-state index contributed by atoms with van der Waals surface area (Å²) in [6.07, 6.45) is 0. The summed E-state index contributed by atoms with van der Waals surface area (Å²) in [4.78, 5) is 22.1. The summed E-state index contributed by atoms with van der Waals surface area (Å²) in [5, 5.41) is 1.06. The minimum atomic E-state index is 0.00734. The van der Waals surface area contributed by atoms with Crippen LogP contribution in [0.4, 0.5) is 0 Å². The second kappa shape index (κ2) is 5.39. The second-order valence-electron chi connectivity index (χ2n) is 5.96. The Balaban J connectivity index is 2.06. The Morgan fingerprint density at radius 1 is 1.35 bits per heavy atom. The normalized spacial score (nSPS) is 20.4. The summed E-state index contributed by atoms with van der Waals surface area (Å²) in [6.45, 7) is 6.50. The molecule has 0 bridgehead atoms. The first kappa shape index (κ1) is 14.5. The number of hydrogen-bond acceptors (Lipinski definition) is 5. The molecule has 1 fully saturated rings. The number of thioether (sulfide) groups is 2. The van der Waals surface area contributed by atoms with Crippen LogP contribution in [0.1, 0.15) is 36.7 Å². The van der Waals surface area contributed by atoms with Crippen molar-refractivity contribution in [3.8, 4) is 0 Å². The van der Waals surface area contributed by atoms with Crippen LogP contribution >= 0.6 is 34.9 Å². The number of hydrogen-bond donors (Lipinski definition) is 1. The number of thiophene rings is 1. The van der Waals surface area contributed by atoms with Crippen molar-refractivity contribution in [2.24, 2.45) is 0 Å². The molecule has 1 aliphatic heterocycles. The molecule has 0 amide bonds. The lowest BCUT2D eigenvalue weighted by atomic mass is 9.94. The first-order valence-electron chi connectivity index (χ1n) is 6.69. The molecule has 3 heterocycles. The average molecular weight is 327 g/mol. The third kappa shape index (κ3) is 2.78. The minimum Gasteiger partial charge on any atom is -0.309 e. The molecule has 1 N–H and O–H groups in total. The van der Waals surface area contributed by atoms with Gasteiger partial charge in [-0.3, -0.25) is 4.79 Å². The number of fused-ring (bicyclic) bond motifs is 1. The van der Waals surface area contributed by atoms with E-state index in [0.717, 1.165) is 27.5 Å². The molecule has 0 saturated carbocycles. The molecular formula is C14H18N2OS3. The fourth-order valence-electron chi connectivity index (χ4n) is 2.12. The molecule has 20 heavy (non-hydrogen) atoms. The van der Waals surface area contributed by atoms with E-state index in [2.05, 4.69) is 25.8 Å². The molecule has 0 aromatic carbocycles. The maximum Gasteiger partial charge on any atom is 0.259 e. The van der Waals surface area contributed by atoms with Crippen LogP contribution in [-0.2, 0) is 5.41 Å². The van der Waals surface area contributed by atoms with Gasteiger partial charge in [0.1, 0.15) is 10.7 Å². The molecule has 3 rings (SSSR count). The molecule has 2 aromatic heterocycles. The second-order valence-corrected chi connectivity index (χ2v) is 9.46. The van der Waals surface area contributed by atoms with Crippen molar-refractivity contribution in [2.75, 3.05) is 17.3 Å². The summed E-state index contributed by atoms with van der Waals surface area (Å²) < 4.78 is 0. The Labute approximate surface area is 131 Å². The SMILES string of the molecule is CC(C)(C)c1cc2c(=O)[nH]c([C@H]3CSCCS3)nc2s1. The van der Waals surface area contributed by atoms with Crippen LogP contribution in [-0.4, -0.2) is 27.2 Å². The molecule has 0 spiro atoms. The predicted octanol–water partition coefficient (Wildman–Crippen LogP) is 3.80. The molecule has 108 valence electrons. The van der Waals surface area contributed by atoms with Gasteiger partial charge in [0.2, 0.25) is 0 Å². The predicted molar refractivity (Wildman–Crippen MR) is 91.5 cm³/mol. The summed E-state index contributed by atoms with van der Waals surface area (Å²) in [7, 11) is 0. The average Bonchev–Trinajstić information content (AvgIpc) is 2.84. The van der Waals surface area contributed by atoms with E-state index in [4.69, 9.17) is 4.98 Å². The third-order valence-corrected chi connectivity index (χ3v) is 7.50.